The van der Waals surface area contributed by atoms with Crippen LogP contribution in [0.3, 0.4) is 0 Å². The molecular weight excluding hydrogens is 283 g/mol. The molecule has 0 radical (unpaired) electrons. The van der Waals surface area contributed by atoms with Crippen molar-refractivity contribution in [2.24, 2.45) is 11.5 Å². The lowest BCUT2D eigenvalue weighted by molar-refractivity contribution is -0.137. The van der Waals surface area contributed by atoms with E-state index in [1.54, 1.807) is 6.07 Å². The van der Waals surface area contributed by atoms with Crippen molar-refractivity contribution in [1.29, 1.82) is 0 Å². The Labute approximate surface area is 118 Å². The molecule has 21 heavy (non-hydrogen) atoms. The molecule has 1 amide bonds. The van der Waals surface area contributed by atoms with E-state index in [-0.39, 0.29) is 12.1 Å². The lowest BCUT2D eigenvalue weighted by Gasteiger charge is -2.11. The Morgan fingerprint density at radius 1 is 1.19 bits per heavy atom. The smallest absolute Gasteiger partial charge is 0.366 e. The van der Waals surface area contributed by atoms with Gasteiger partial charge >= 0.3 is 6.18 Å². The normalized spacial score (nSPS) is 11.4. The number of primary amides is 1. The van der Waals surface area contributed by atoms with Crippen LogP contribution in [0.4, 0.5) is 13.2 Å². The van der Waals surface area contributed by atoms with Crippen LogP contribution in [0.2, 0.25) is 0 Å². The van der Waals surface area contributed by atoms with Crippen LogP contribution in [-0.2, 0) is 12.7 Å². The minimum atomic E-state index is -4.41. The van der Waals surface area contributed by atoms with Crippen molar-refractivity contribution >= 4 is 5.91 Å². The summed E-state index contributed by atoms with van der Waals surface area (Å²) in [6.45, 7) is 0.146. The van der Waals surface area contributed by atoms with Crippen molar-refractivity contribution < 1.29 is 18.0 Å². The Hall–Kier alpha value is -2.41. The number of aromatic nitrogens is 1. The molecule has 0 atom stereocenters. The van der Waals surface area contributed by atoms with Gasteiger partial charge in [-0.1, -0.05) is 12.1 Å². The molecule has 0 fully saturated rings. The van der Waals surface area contributed by atoms with Gasteiger partial charge in [0.15, 0.2) is 0 Å². The number of halogens is 3. The molecule has 7 heteroatoms. The first-order chi connectivity index (χ1) is 9.82. The fourth-order valence-electron chi connectivity index (χ4n) is 1.88. The Morgan fingerprint density at radius 2 is 1.81 bits per heavy atom. The van der Waals surface area contributed by atoms with E-state index in [1.807, 2.05) is 0 Å². The fourth-order valence-corrected chi connectivity index (χ4v) is 1.88. The van der Waals surface area contributed by atoms with Crippen LogP contribution in [-0.4, -0.2) is 10.9 Å². The summed E-state index contributed by atoms with van der Waals surface area (Å²) in [5.41, 5.74) is 11.5. The monoisotopic (exact) mass is 295 g/mol. The van der Waals surface area contributed by atoms with E-state index in [0.717, 1.165) is 12.1 Å². The highest BCUT2D eigenvalue weighted by molar-refractivity contribution is 5.99. The molecule has 1 aromatic carbocycles. The third kappa shape index (κ3) is 3.19. The molecule has 2 rings (SSSR count). The number of amides is 1. The van der Waals surface area contributed by atoms with Gasteiger partial charge in [-0.15, -0.1) is 0 Å². The van der Waals surface area contributed by atoms with E-state index < -0.39 is 17.6 Å². The second-order valence-electron chi connectivity index (χ2n) is 4.36. The molecule has 0 bridgehead atoms. The van der Waals surface area contributed by atoms with Crippen LogP contribution >= 0.6 is 0 Å². The number of carbonyl (C=O) groups excluding carboxylic acids is 1. The Morgan fingerprint density at radius 3 is 2.29 bits per heavy atom. The summed E-state index contributed by atoms with van der Waals surface area (Å²) < 4.78 is 37.6. The van der Waals surface area contributed by atoms with Crippen molar-refractivity contribution in [2.75, 3.05) is 0 Å². The first-order valence-corrected chi connectivity index (χ1v) is 5.99. The van der Waals surface area contributed by atoms with Crippen LogP contribution in [0.1, 0.15) is 21.6 Å². The lowest BCUT2D eigenvalue weighted by Crippen LogP contribution is -2.14. The average Bonchev–Trinajstić information content (AvgIpc) is 2.45. The quantitative estimate of drug-likeness (QED) is 0.911. The van der Waals surface area contributed by atoms with E-state index in [9.17, 15) is 18.0 Å². The molecule has 0 aliphatic heterocycles. The molecule has 0 spiro atoms. The molecule has 0 saturated heterocycles. The Balaban J connectivity index is 2.52. The van der Waals surface area contributed by atoms with Crippen LogP contribution in [0.25, 0.3) is 11.1 Å². The van der Waals surface area contributed by atoms with Gasteiger partial charge in [-0.2, -0.15) is 13.2 Å². The molecule has 0 saturated carbocycles. The zero-order valence-electron chi connectivity index (χ0n) is 10.8. The predicted octanol–water partition coefficient (Wildman–Crippen LogP) is 2.33. The number of alkyl halides is 3. The second kappa shape index (κ2) is 5.53. The number of hydrogen-bond donors (Lipinski definition) is 2. The van der Waals surface area contributed by atoms with E-state index in [2.05, 4.69) is 4.98 Å². The summed E-state index contributed by atoms with van der Waals surface area (Å²) in [7, 11) is 0. The lowest BCUT2D eigenvalue weighted by atomic mass is 9.99. The minimum Gasteiger partial charge on any atom is -0.366 e. The molecule has 2 aromatic rings. The van der Waals surface area contributed by atoms with Crippen LogP contribution in [0, 0.1) is 0 Å². The molecule has 4 N–H and O–H groups in total. The van der Waals surface area contributed by atoms with E-state index in [0.29, 0.717) is 16.8 Å². The maximum absolute atomic E-state index is 12.5. The number of benzene rings is 1. The predicted molar refractivity (Wildman–Crippen MR) is 71.1 cm³/mol. The summed E-state index contributed by atoms with van der Waals surface area (Å²) in [4.78, 5) is 15.3. The van der Waals surface area contributed by atoms with E-state index in [4.69, 9.17) is 11.5 Å². The van der Waals surface area contributed by atoms with Crippen molar-refractivity contribution in [2.45, 2.75) is 12.7 Å². The highest BCUT2D eigenvalue weighted by Gasteiger charge is 2.30. The van der Waals surface area contributed by atoms with Crippen molar-refractivity contribution in [3.05, 3.63) is 53.3 Å². The van der Waals surface area contributed by atoms with Gasteiger partial charge < -0.3 is 11.5 Å². The maximum Gasteiger partial charge on any atom is 0.416 e. The van der Waals surface area contributed by atoms with E-state index in [1.165, 1.54) is 18.3 Å². The average molecular weight is 295 g/mol. The molecule has 0 aliphatic carbocycles. The van der Waals surface area contributed by atoms with Gasteiger partial charge in [-0.3, -0.25) is 9.78 Å². The van der Waals surface area contributed by atoms with Gasteiger partial charge in [0.1, 0.15) is 0 Å². The first-order valence-electron chi connectivity index (χ1n) is 5.99. The maximum atomic E-state index is 12.5. The molecule has 0 aliphatic rings. The summed E-state index contributed by atoms with van der Waals surface area (Å²) in [5.74, 6) is -0.707. The first kappa shape index (κ1) is 15.0. The summed E-state index contributed by atoms with van der Waals surface area (Å²) in [6.07, 6.45) is -3.14. The standard InChI is InChI=1S/C14H12F3N3O/c15-14(16,17)9-3-1-8(2-4-9)11-5-10(6-18)20-7-12(11)13(19)21/h1-5,7H,6,18H2,(H2,19,21). The van der Waals surface area contributed by atoms with Gasteiger partial charge in [0.25, 0.3) is 5.91 Å². The fraction of sp³-hybridized carbons (Fsp3) is 0.143. The van der Waals surface area contributed by atoms with E-state index >= 15 is 0 Å². The zero-order valence-corrected chi connectivity index (χ0v) is 10.8. The van der Waals surface area contributed by atoms with Crippen LogP contribution < -0.4 is 11.5 Å². The van der Waals surface area contributed by atoms with Crippen molar-refractivity contribution in [3.63, 3.8) is 0 Å². The molecule has 1 aromatic heterocycles. The minimum absolute atomic E-state index is 0.131. The third-order valence-electron chi connectivity index (χ3n) is 2.96. The molecular formula is C14H12F3N3O. The number of hydrogen-bond acceptors (Lipinski definition) is 3. The highest BCUT2D eigenvalue weighted by Crippen LogP contribution is 2.31. The number of nitrogens with zero attached hydrogens (tertiary/aromatic N) is 1. The Bertz CT molecular complexity index is 666. The number of pyridine rings is 1. The highest BCUT2D eigenvalue weighted by atomic mass is 19.4. The number of nitrogens with two attached hydrogens (primary N) is 2. The zero-order chi connectivity index (χ0) is 15.6. The molecule has 110 valence electrons. The van der Waals surface area contributed by atoms with Gasteiger partial charge in [0, 0.05) is 12.7 Å². The second-order valence-corrected chi connectivity index (χ2v) is 4.36. The van der Waals surface area contributed by atoms with Gasteiger partial charge in [-0.25, -0.2) is 0 Å². The Kier molecular flexibility index (Phi) is 3.95. The largest absolute Gasteiger partial charge is 0.416 e. The SMILES string of the molecule is NCc1cc(-c2ccc(C(F)(F)F)cc2)c(C(N)=O)cn1. The summed E-state index contributed by atoms with van der Waals surface area (Å²) in [5, 5.41) is 0. The summed E-state index contributed by atoms with van der Waals surface area (Å²) >= 11 is 0. The molecule has 0 unspecified atom stereocenters. The van der Waals surface area contributed by atoms with Gasteiger partial charge in [0.2, 0.25) is 0 Å². The van der Waals surface area contributed by atoms with Crippen LogP contribution in [0.5, 0.6) is 0 Å². The third-order valence-corrected chi connectivity index (χ3v) is 2.96. The number of carbonyl (C=O) groups is 1. The van der Waals surface area contributed by atoms with Gasteiger partial charge in [-0.05, 0) is 29.3 Å². The van der Waals surface area contributed by atoms with Gasteiger partial charge in [0.05, 0.1) is 16.8 Å². The number of rotatable bonds is 3. The van der Waals surface area contributed by atoms with Crippen molar-refractivity contribution in [3.8, 4) is 11.1 Å². The van der Waals surface area contributed by atoms with Crippen LogP contribution in [0.15, 0.2) is 36.5 Å². The topological polar surface area (TPSA) is 82.0 Å². The molecule has 4 nitrogen and oxygen atoms in total. The molecule has 1 heterocycles. The summed E-state index contributed by atoms with van der Waals surface area (Å²) in [6, 6.07) is 6.00. The van der Waals surface area contributed by atoms with Crippen molar-refractivity contribution in [1.82, 2.24) is 4.98 Å².